The van der Waals surface area contributed by atoms with E-state index in [9.17, 15) is 9.90 Å². The van der Waals surface area contributed by atoms with Crippen molar-refractivity contribution in [2.45, 2.75) is 44.9 Å². The minimum atomic E-state index is -1.05. The predicted octanol–water partition coefficient (Wildman–Crippen LogP) is 0.877. The molecule has 1 aliphatic carbocycles. The van der Waals surface area contributed by atoms with E-state index in [0.717, 1.165) is 0 Å². The third kappa shape index (κ3) is 5.02. The number of anilines is 2. The van der Waals surface area contributed by atoms with Crippen LogP contribution in [0.2, 0.25) is 0 Å². The van der Waals surface area contributed by atoms with Crippen LogP contribution in [0.1, 0.15) is 26.7 Å². The van der Waals surface area contributed by atoms with Crippen molar-refractivity contribution in [1.82, 2.24) is 24.8 Å². The van der Waals surface area contributed by atoms with Gasteiger partial charge in [-0.25, -0.2) is 15.0 Å². The maximum Gasteiger partial charge on any atom is 0.256 e. The van der Waals surface area contributed by atoms with E-state index in [2.05, 4.69) is 19.9 Å². The number of amides is 1. The van der Waals surface area contributed by atoms with Gasteiger partial charge in [0.15, 0.2) is 0 Å². The molecule has 12 heteroatoms. The first kappa shape index (κ1) is 24.0. The average molecular weight is 476 g/mol. The lowest BCUT2D eigenvalue weighted by Crippen LogP contribution is -2.53. The fourth-order valence-corrected chi connectivity index (χ4v) is 3.83. The Balaban J connectivity index is 1.53. The number of aliphatic hydroxyl groups is 1. The number of hydrogen-bond donors (Lipinski definition) is 2. The molecular formula is C22H30FN7O4. The van der Waals surface area contributed by atoms with Crippen LogP contribution in [0.4, 0.5) is 16.3 Å². The van der Waals surface area contributed by atoms with Crippen LogP contribution in [0.3, 0.4) is 0 Å². The van der Waals surface area contributed by atoms with Gasteiger partial charge in [0.1, 0.15) is 17.9 Å². The lowest BCUT2D eigenvalue weighted by atomic mass is 9.87. The number of nitrogens with zero attached hydrogens (tertiary/aromatic N) is 6. The third-order valence-corrected chi connectivity index (χ3v) is 6.18. The summed E-state index contributed by atoms with van der Waals surface area (Å²) in [4.78, 5) is 32.5. The maximum absolute atomic E-state index is 15.4. The van der Waals surface area contributed by atoms with E-state index in [1.165, 1.54) is 17.3 Å². The Bertz CT molecular complexity index is 1010. The lowest BCUT2D eigenvalue weighted by molar-refractivity contribution is -0.146. The van der Waals surface area contributed by atoms with Gasteiger partial charge in [0, 0.05) is 57.0 Å². The summed E-state index contributed by atoms with van der Waals surface area (Å²) in [6.07, 6.45) is 2.44. The van der Waals surface area contributed by atoms with Crippen LogP contribution in [0, 0.1) is 11.7 Å². The molecule has 1 atom stereocenters. The van der Waals surface area contributed by atoms with Crippen molar-refractivity contribution in [3.63, 3.8) is 0 Å². The fraction of sp³-hybridized carbons (Fsp3) is 0.591. The van der Waals surface area contributed by atoms with Gasteiger partial charge in [0.25, 0.3) is 11.8 Å². The molecule has 3 N–H and O–H groups in total. The monoisotopic (exact) mass is 475 g/mol. The zero-order chi connectivity index (χ0) is 24.4. The van der Waals surface area contributed by atoms with Gasteiger partial charge < -0.3 is 30.1 Å². The number of carbonyl (C=O) groups is 1. The number of aromatic nitrogens is 4. The molecule has 1 amide bonds. The molecule has 11 nitrogen and oxygen atoms in total. The van der Waals surface area contributed by atoms with E-state index >= 15 is 4.39 Å². The summed E-state index contributed by atoms with van der Waals surface area (Å²) in [6.45, 7) is 5.75. The van der Waals surface area contributed by atoms with E-state index < -0.39 is 11.9 Å². The Kier molecular flexibility index (Phi) is 7.08. The highest BCUT2D eigenvalue weighted by Gasteiger charge is 2.39. The van der Waals surface area contributed by atoms with Crippen LogP contribution in [0.15, 0.2) is 12.4 Å². The van der Waals surface area contributed by atoms with Gasteiger partial charge in [-0.1, -0.05) is 13.8 Å². The summed E-state index contributed by atoms with van der Waals surface area (Å²) in [5.41, 5.74) is 5.94. The van der Waals surface area contributed by atoms with E-state index in [4.69, 9.17) is 15.2 Å². The smallest absolute Gasteiger partial charge is 0.256 e. The summed E-state index contributed by atoms with van der Waals surface area (Å²) in [6, 6.07) is -0.0977. The highest BCUT2D eigenvalue weighted by molar-refractivity contribution is 5.81. The van der Waals surface area contributed by atoms with Gasteiger partial charge in [0.2, 0.25) is 17.7 Å². The number of ether oxygens (including phenoxy) is 2. The number of hydrogen-bond acceptors (Lipinski definition) is 10. The number of halogens is 1. The minimum Gasteiger partial charge on any atom is -0.472 e. The SMILES string of the molecule is CC(C)[C@H](O)C(=O)N(C)C1CC(Oc2nc(N3CCOCC3)nc(-c3cnc(N)nc3)c2F)C1. The van der Waals surface area contributed by atoms with Crippen LogP contribution in [0.25, 0.3) is 11.3 Å². The highest BCUT2D eigenvalue weighted by atomic mass is 19.1. The first-order chi connectivity index (χ1) is 16.2. The molecule has 3 heterocycles. The van der Waals surface area contributed by atoms with Crippen molar-refractivity contribution in [2.24, 2.45) is 5.92 Å². The molecular weight excluding hydrogens is 445 g/mol. The zero-order valence-electron chi connectivity index (χ0n) is 19.5. The van der Waals surface area contributed by atoms with Gasteiger partial charge in [-0.2, -0.15) is 9.37 Å². The van der Waals surface area contributed by atoms with Crippen molar-refractivity contribution in [3.05, 3.63) is 18.2 Å². The van der Waals surface area contributed by atoms with E-state index in [-0.39, 0.29) is 41.5 Å². The molecule has 2 aromatic heterocycles. The van der Waals surface area contributed by atoms with E-state index in [1.54, 1.807) is 20.9 Å². The lowest BCUT2D eigenvalue weighted by Gasteiger charge is -2.41. The molecule has 2 aliphatic rings. The van der Waals surface area contributed by atoms with E-state index in [0.29, 0.717) is 50.7 Å². The van der Waals surface area contributed by atoms with E-state index in [1.807, 2.05) is 4.90 Å². The number of carbonyl (C=O) groups excluding carboxylic acids is 1. The Labute approximate surface area is 197 Å². The van der Waals surface area contributed by atoms with Crippen LogP contribution in [-0.4, -0.2) is 87.5 Å². The molecule has 0 bridgehead atoms. The van der Waals surface area contributed by atoms with Crippen molar-refractivity contribution in [1.29, 1.82) is 0 Å². The van der Waals surface area contributed by atoms with Crippen molar-refractivity contribution >= 4 is 17.8 Å². The first-order valence-corrected chi connectivity index (χ1v) is 11.3. The molecule has 2 aromatic rings. The molecule has 2 fully saturated rings. The van der Waals surface area contributed by atoms with Crippen molar-refractivity contribution in [3.8, 4) is 17.1 Å². The summed E-state index contributed by atoms with van der Waals surface area (Å²) < 4.78 is 26.7. The molecule has 4 rings (SSSR count). The Morgan fingerprint density at radius 2 is 1.91 bits per heavy atom. The standard InChI is InChI=1S/C22H30FN7O4/c1-12(2)18(31)20(32)29(3)14-8-15(9-14)34-19-16(23)17(13-10-25-21(24)26-11-13)27-22(28-19)30-4-6-33-7-5-30/h10-12,14-15,18,31H,4-9H2,1-3H3,(H2,24,25,26)/t14?,15?,18-/m0/s1. The summed E-state index contributed by atoms with van der Waals surface area (Å²) in [5.74, 6) is -0.977. The van der Waals surface area contributed by atoms with Crippen LogP contribution < -0.4 is 15.4 Å². The third-order valence-electron chi connectivity index (χ3n) is 6.18. The van der Waals surface area contributed by atoms with Crippen molar-refractivity contribution in [2.75, 3.05) is 44.0 Å². The average Bonchev–Trinajstić information content (AvgIpc) is 2.81. The molecule has 184 valence electrons. The normalized spacial score (nSPS) is 21.2. The van der Waals surface area contributed by atoms with Gasteiger partial charge in [0.05, 0.1) is 13.2 Å². The summed E-state index contributed by atoms with van der Waals surface area (Å²) >= 11 is 0. The largest absolute Gasteiger partial charge is 0.472 e. The Morgan fingerprint density at radius 1 is 1.26 bits per heavy atom. The van der Waals surface area contributed by atoms with Gasteiger partial charge in [-0.15, -0.1) is 0 Å². The second kappa shape index (κ2) is 10.0. The number of nitrogens with two attached hydrogens (primary N) is 1. The number of aliphatic hydroxyl groups excluding tert-OH is 1. The van der Waals surface area contributed by atoms with Crippen LogP contribution in [0.5, 0.6) is 5.88 Å². The van der Waals surface area contributed by atoms with Gasteiger partial charge >= 0.3 is 0 Å². The molecule has 0 radical (unpaired) electrons. The summed E-state index contributed by atoms with van der Waals surface area (Å²) in [5, 5.41) is 10.1. The number of nitrogen functional groups attached to an aromatic ring is 1. The minimum absolute atomic E-state index is 0.0229. The van der Waals surface area contributed by atoms with Gasteiger partial charge in [-0.05, 0) is 5.92 Å². The van der Waals surface area contributed by atoms with Gasteiger partial charge in [-0.3, -0.25) is 4.79 Å². The zero-order valence-corrected chi connectivity index (χ0v) is 19.5. The highest BCUT2D eigenvalue weighted by Crippen LogP contribution is 2.34. The maximum atomic E-state index is 15.4. The molecule has 1 aliphatic heterocycles. The molecule has 1 saturated carbocycles. The Morgan fingerprint density at radius 3 is 2.53 bits per heavy atom. The summed E-state index contributed by atoms with van der Waals surface area (Å²) in [7, 11) is 1.66. The second-order valence-electron chi connectivity index (χ2n) is 8.92. The molecule has 0 spiro atoms. The predicted molar refractivity (Wildman–Crippen MR) is 122 cm³/mol. The number of likely N-dealkylation sites (N-methyl/N-ethyl adjacent to an activating group) is 1. The van der Waals surface area contributed by atoms with Crippen LogP contribution >= 0.6 is 0 Å². The molecule has 0 aromatic carbocycles. The van der Waals surface area contributed by atoms with Crippen molar-refractivity contribution < 1.29 is 23.8 Å². The van der Waals surface area contributed by atoms with Crippen LogP contribution in [-0.2, 0) is 9.53 Å². The Hall–Kier alpha value is -3.12. The number of rotatable bonds is 7. The second-order valence-corrected chi connectivity index (χ2v) is 8.92. The quantitative estimate of drug-likeness (QED) is 0.593. The molecule has 34 heavy (non-hydrogen) atoms. The topological polar surface area (TPSA) is 140 Å². The number of morpholine rings is 1. The first-order valence-electron chi connectivity index (χ1n) is 11.3. The molecule has 1 saturated heterocycles. The fourth-order valence-electron chi connectivity index (χ4n) is 3.83. The molecule has 0 unspecified atom stereocenters.